The van der Waals surface area contributed by atoms with Gasteiger partial charge in [-0.2, -0.15) is 0 Å². The fourth-order valence-corrected chi connectivity index (χ4v) is 2.58. The fourth-order valence-electron chi connectivity index (χ4n) is 2.58. The molecule has 4 nitrogen and oxygen atoms in total. The van der Waals surface area contributed by atoms with E-state index in [1.165, 1.54) is 10.9 Å². The monoisotopic (exact) mass is 258 g/mol. The van der Waals surface area contributed by atoms with Gasteiger partial charge >= 0.3 is 0 Å². The molecule has 0 radical (unpaired) electrons. The second-order valence-corrected chi connectivity index (χ2v) is 4.85. The minimum absolute atomic E-state index is 0.232. The van der Waals surface area contributed by atoms with Crippen molar-refractivity contribution in [2.75, 3.05) is 26.3 Å². The van der Waals surface area contributed by atoms with Gasteiger partial charge < -0.3 is 14.6 Å². The zero-order valence-corrected chi connectivity index (χ0v) is 10.9. The predicted octanol–water partition coefficient (Wildman–Crippen LogP) is 1.96. The molecule has 2 aromatic rings. The van der Waals surface area contributed by atoms with Gasteiger partial charge in [0.2, 0.25) is 5.91 Å². The molecular formula is C15H18N2O2. The Bertz CT molecular complexity index is 570. The number of hydrogen-bond acceptors (Lipinski definition) is 2. The first kappa shape index (κ1) is 12.2. The number of nitrogens with one attached hydrogen (secondary N) is 1. The van der Waals surface area contributed by atoms with Crippen LogP contribution < -0.4 is 0 Å². The fraction of sp³-hybridized carbons (Fsp3) is 0.400. The Morgan fingerprint density at radius 3 is 2.95 bits per heavy atom. The minimum Gasteiger partial charge on any atom is -0.378 e. The highest BCUT2D eigenvalue weighted by Gasteiger charge is 2.16. The van der Waals surface area contributed by atoms with Crippen molar-refractivity contribution >= 4 is 16.8 Å². The van der Waals surface area contributed by atoms with Crippen molar-refractivity contribution < 1.29 is 9.53 Å². The van der Waals surface area contributed by atoms with Gasteiger partial charge in [0.1, 0.15) is 0 Å². The van der Waals surface area contributed by atoms with Crippen molar-refractivity contribution in [2.45, 2.75) is 12.8 Å². The largest absolute Gasteiger partial charge is 0.378 e. The number of carbonyl (C=O) groups is 1. The number of aryl methyl sites for hydroxylation is 1. The third-order valence-electron chi connectivity index (χ3n) is 3.66. The third-order valence-corrected chi connectivity index (χ3v) is 3.66. The molecule has 0 saturated carbocycles. The van der Waals surface area contributed by atoms with Crippen molar-refractivity contribution in [3.8, 4) is 0 Å². The molecule has 4 heteroatoms. The van der Waals surface area contributed by atoms with Crippen molar-refractivity contribution in [1.29, 1.82) is 0 Å². The van der Waals surface area contributed by atoms with E-state index in [0.717, 1.165) is 25.0 Å². The van der Waals surface area contributed by atoms with Crippen molar-refractivity contribution in [3.63, 3.8) is 0 Å². The van der Waals surface area contributed by atoms with Crippen LogP contribution in [0.25, 0.3) is 10.9 Å². The zero-order chi connectivity index (χ0) is 13.1. The summed E-state index contributed by atoms with van der Waals surface area (Å²) in [6.07, 6.45) is 3.31. The maximum atomic E-state index is 12.1. The zero-order valence-electron chi connectivity index (χ0n) is 10.9. The molecule has 0 spiro atoms. The van der Waals surface area contributed by atoms with Crippen LogP contribution in [0.1, 0.15) is 12.0 Å². The minimum atomic E-state index is 0.232. The lowest BCUT2D eigenvalue weighted by Gasteiger charge is -2.26. The second kappa shape index (κ2) is 5.45. The number of fused-ring (bicyclic) bond motifs is 1. The molecule has 19 heavy (non-hydrogen) atoms. The summed E-state index contributed by atoms with van der Waals surface area (Å²) in [6, 6.07) is 8.27. The molecule has 1 aliphatic heterocycles. The Kier molecular flexibility index (Phi) is 3.51. The van der Waals surface area contributed by atoms with Crippen LogP contribution in [0.15, 0.2) is 30.5 Å². The van der Waals surface area contributed by atoms with E-state index in [9.17, 15) is 4.79 Å². The quantitative estimate of drug-likeness (QED) is 0.914. The highest BCUT2D eigenvalue weighted by molar-refractivity contribution is 5.84. The van der Waals surface area contributed by atoms with Gasteiger partial charge in [0, 0.05) is 36.6 Å². The van der Waals surface area contributed by atoms with Crippen LogP contribution in [0.5, 0.6) is 0 Å². The Labute approximate surface area is 112 Å². The molecule has 1 aromatic heterocycles. The number of amides is 1. The maximum Gasteiger partial charge on any atom is 0.223 e. The summed E-state index contributed by atoms with van der Waals surface area (Å²) in [5.41, 5.74) is 2.37. The Balaban J connectivity index is 1.65. The molecule has 0 atom stereocenters. The highest BCUT2D eigenvalue weighted by atomic mass is 16.5. The highest BCUT2D eigenvalue weighted by Crippen LogP contribution is 2.19. The van der Waals surface area contributed by atoms with Gasteiger partial charge in [-0.1, -0.05) is 12.1 Å². The first-order valence-corrected chi connectivity index (χ1v) is 6.75. The van der Waals surface area contributed by atoms with Crippen LogP contribution in [-0.4, -0.2) is 42.1 Å². The van der Waals surface area contributed by atoms with Crippen molar-refractivity contribution in [1.82, 2.24) is 9.88 Å². The summed E-state index contributed by atoms with van der Waals surface area (Å²) >= 11 is 0. The number of H-pyrrole nitrogens is 1. The molecule has 1 aromatic carbocycles. The smallest absolute Gasteiger partial charge is 0.223 e. The molecule has 1 aliphatic rings. The Morgan fingerprint density at radius 1 is 1.26 bits per heavy atom. The normalized spacial score (nSPS) is 15.9. The van der Waals surface area contributed by atoms with Crippen LogP contribution in [0.3, 0.4) is 0 Å². The second-order valence-electron chi connectivity index (χ2n) is 4.85. The first-order chi connectivity index (χ1) is 9.34. The summed E-state index contributed by atoms with van der Waals surface area (Å²) < 4.78 is 5.26. The Morgan fingerprint density at radius 2 is 2.11 bits per heavy atom. The molecule has 2 heterocycles. The predicted molar refractivity (Wildman–Crippen MR) is 74.0 cm³/mol. The summed E-state index contributed by atoms with van der Waals surface area (Å²) in [7, 11) is 0. The summed E-state index contributed by atoms with van der Waals surface area (Å²) in [6.45, 7) is 2.79. The van der Waals surface area contributed by atoms with Gasteiger partial charge in [0.25, 0.3) is 0 Å². The summed E-state index contributed by atoms with van der Waals surface area (Å²) in [5, 5.41) is 1.22. The number of ether oxygens (including phenoxy) is 1. The topological polar surface area (TPSA) is 45.3 Å². The van der Waals surface area contributed by atoms with E-state index in [-0.39, 0.29) is 5.91 Å². The van der Waals surface area contributed by atoms with Crippen LogP contribution in [0.2, 0.25) is 0 Å². The van der Waals surface area contributed by atoms with Gasteiger partial charge in [-0.25, -0.2) is 0 Å². The lowest BCUT2D eigenvalue weighted by atomic mass is 10.0. The van der Waals surface area contributed by atoms with Gasteiger partial charge in [0.05, 0.1) is 13.2 Å². The average Bonchev–Trinajstić information content (AvgIpc) is 2.94. The third kappa shape index (κ3) is 2.63. The van der Waals surface area contributed by atoms with Crippen molar-refractivity contribution in [3.05, 3.63) is 36.0 Å². The van der Waals surface area contributed by atoms with Crippen LogP contribution in [0.4, 0.5) is 0 Å². The van der Waals surface area contributed by atoms with E-state index >= 15 is 0 Å². The number of benzene rings is 1. The standard InChI is InChI=1S/C15H18N2O2/c18-15(17-8-10-19-11-9-17)5-4-12-2-1-3-14-13(12)6-7-16-14/h1-3,6-7,16H,4-5,8-11H2. The van der Waals surface area contributed by atoms with Gasteiger partial charge in [-0.3, -0.25) is 4.79 Å². The van der Waals surface area contributed by atoms with E-state index in [4.69, 9.17) is 4.74 Å². The van der Waals surface area contributed by atoms with Crippen molar-refractivity contribution in [2.24, 2.45) is 0 Å². The molecule has 1 saturated heterocycles. The van der Waals surface area contributed by atoms with E-state index in [2.05, 4.69) is 23.2 Å². The van der Waals surface area contributed by atoms with E-state index < -0.39 is 0 Å². The Hall–Kier alpha value is -1.81. The van der Waals surface area contributed by atoms with E-state index in [1.54, 1.807) is 0 Å². The number of carbonyl (C=O) groups excluding carboxylic acids is 1. The van der Waals surface area contributed by atoms with E-state index in [1.807, 2.05) is 17.2 Å². The number of rotatable bonds is 3. The molecule has 100 valence electrons. The summed E-state index contributed by atoms with van der Waals surface area (Å²) in [5.74, 6) is 0.232. The summed E-state index contributed by atoms with van der Waals surface area (Å²) in [4.78, 5) is 17.2. The van der Waals surface area contributed by atoms with Gasteiger partial charge in [-0.05, 0) is 24.1 Å². The molecule has 0 bridgehead atoms. The molecule has 0 aliphatic carbocycles. The first-order valence-electron chi connectivity index (χ1n) is 6.75. The number of morpholine rings is 1. The molecule has 1 amide bonds. The molecule has 0 unspecified atom stereocenters. The molecule has 1 fully saturated rings. The van der Waals surface area contributed by atoms with Crippen LogP contribution in [0, 0.1) is 0 Å². The number of nitrogens with zero attached hydrogens (tertiary/aromatic N) is 1. The van der Waals surface area contributed by atoms with Gasteiger partial charge in [-0.15, -0.1) is 0 Å². The molecule has 3 rings (SSSR count). The number of hydrogen-bond donors (Lipinski definition) is 1. The van der Waals surface area contributed by atoms with Crippen LogP contribution >= 0.6 is 0 Å². The van der Waals surface area contributed by atoms with Crippen LogP contribution in [-0.2, 0) is 16.0 Å². The SMILES string of the molecule is O=C(CCc1cccc2[nH]ccc12)N1CCOCC1. The number of aromatic nitrogens is 1. The maximum absolute atomic E-state index is 12.1. The lowest BCUT2D eigenvalue weighted by molar-refractivity contribution is -0.135. The average molecular weight is 258 g/mol. The number of aromatic amines is 1. The molecule has 1 N–H and O–H groups in total. The lowest BCUT2D eigenvalue weighted by Crippen LogP contribution is -2.40. The van der Waals surface area contributed by atoms with E-state index in [0.29, 0.717) is 19.6 Å². The van der Waals surface area contributed by atoms with Gasteiger partial charge in [0.15, 0.2) is 0 Å². The molecular weight excluding hydrogens is 240 g/mol.